The molecular formula is C23H19N3O3. The summed E-state index contributed by atoms with van der Waals surface area (Å²) in [5, 5.41) is 1.66. The normalized spacial score (nSPS) is 23.5. The van der Waals surface area contributed by atoms with Crippen LogP contribution >= 0.6 is 0 Å². The Labute approximate surface area is 168 Å². The van der Waals surface area contributed by atoms with Crippen LogP contribution in [0.5, 0.6) is 0 Å². The highest BCUT2D eigenvalue weighted by Gasteiger charge is 2.60. The monoisotopic (exact) mass is 385 g/mol. The highest BCUT2D eigenvalue weighted by Crippen LogP contribution is 2.46. The van der Waals surface area contributed by atoms with Crippen LogP contribution in [0.25, 0.3) is 0 Å². The fourth-order valence-electron chi connectivity index (χ4n) is 4.04. The van der Waals surface area contributed by atoms with Crippen LogP contribution < -0.4 is 5.06 Å². The second-order valence-electron chi connectivity index (χ2n) is 7.16. The number of hydrogen-bond donors (Lipinski definition) is 0. The van der Waals surface area contributed by atoms with Crippen molar-refractivity contribution < 1.29 is 14.4 Å². The summed E-state index contributed by atoms with van der Waals surface area (Å²) in [6, 6.07) is 24.1. The molecule has 0 N–H and O–H groups in total. The van der Waals surface area contributed by atoms with Crippen LogP contribution in [0.15, 0.2) is 85.1 Å². The van der Waals surface area contributed by atoms with E-state index in [2.05, 4.69) is 4.98 Å². The molecule has 1 aromatic heterocycles. The first-order valence-electron chi connectivity index (χ1n) is 9.55. The SMILES string of the molecule is O=C1C2ON(c3ccccc3)C(c3ccccn3)C2C(=O)N1Cc1ccccc1. The first-order valence-corrected chi connectivity index (χ1v) is 9.55. The maximum Gasteiger partial charge on any atom is 0.262 e. The molecule has 3 heterocycles. The first kappa shape index (κ1) is 17.6. The van der Waals surface area contributed by atoms with E-state index in [9.17, 15) is 9.59 Å². The Hall–Kier alpha value is -3.51. The zero-order chi connectivity index (χ0) is 19.8. The van der Waals surface area contributed by atoms with Crippen LogP contribution in [0, 0.1) is 5.92 Å². The largest absolute Gasteiger partial charge is 0.275 e. The van der Waals surface area contributed by atoms with E-state index in [0.717, 1.165) is 11.3 Å². The molecule has 6 nitrogen and oxygen atoms in total. The lowest BCUT2D eigenvalue weighted by atomic mass is 9.93. The number of carbonyl (C=O) groups is 2. The average Bonchev–Trinajstić information content (AvgIpc) is 3.28. The minimum atomic E-state index is -0.849. The molecule has 2 saturated heterocycles. The molecule has 2 aromatic carbocycles. The van der Waals surface area contributed by atoms with E-state index < -0.39 is 18.1 Å². The molecule has 29 heavy (non-hydrogen) atoms. The van der Waals surface area contributed by atoms with Crippen LogP contribution in [0.1, 0.15) is 17.3 Å². The summed E-state index contributed by atoms with van der Waals surface area (Å²) in [7, 11) is 0. The van der Waals surface area contributed by atoms with Gasteiger partial charge in [0, 0.05) is 6.20 Å². The van der Waals surface area contributed by atoms with Gasteiger partial charge in [-0.05, 0) is 29.8 Å². The molecule has 0 saturated carbocycles. The third-order valence-electron chi connectivity index (χ3n) is 5.39. The number of amides is 2. The van der Waals surface area contributed by atoms with Gasteiger partial charge >= 0.3 is 0 Å². The summed E-state index contributed by atoms with van der Waals surface area (Å²) < 4.78 is 0. The molecule has 3 unspecified atom stereocenters. The van der Waals surface area contributed by atoms with Gasteiger partial charge in [0.05, 0.1) is 17.9 Å². The number of nitrogens with zero attached hydrogens (tertiary/aromatic N) is 3. The highest BCUT2D eigenvalue weighted by atomic mass is 16.7. The summed E-state index contributed by atoms with van der Waals surface area (Å²) in [6.07, 6.45) is 0.841. The second kappa shape index (κ2) is 7.14. The van der Waals surface area contributed by atoms with Gasteiger partial charge in [0.1, 0.15) is 12.0 Å². The number of aromatic nitrogens is 1. The van der Waals surface area contributed by atoms with Crippen LogP contribution in [-0.2, 0) is 21.0 Å². The van der Waals surface area contributed by atoms with Crippen molar-refractivity contribution in [3.8, 4) is 0 Å². The number of carbonyl (C=O) groups excluding carboxylic acids is 2. The summed E-state index contributed by atoms with van der Waals surface area (Å²) in [5.41, 5.74) is 2.39. The van der Waals surface area contributed by atoms with Crippen molar-refractivity contribution in [1.29, 1.82) is 0 Å². The third kappa shape index (κ3) is 2.98. The Morgan fingerprint density at radius 1 is 0.828 bits per heavy atom. The number of hydroxylamine groups is 1. The molecule has 3 atom stereocenters. The van der Waals surface area contributed by atoms with Crippen molar-refractivity contribution in [3.05, 3.63) is 96.3 Å². The van der Waals surface area contributed by atoms with Gasteiger partial charge in [-0.3, -0.25) is 24.3 Å². The molecular weight excluding hydrogens is 366 g/mol. The summed E-state index contributed by atoms with van der Waals surface area (Å²) >= 11 is 0. The zero-order valence-corrected chi connectivity index (χ0v) is 15.6. The molecule has 2 aliphatic rings. The number of fused-ring (bicyclic) bond motifs is 1. The van der Waals surface area contributed by atoms with Gasteiger partial charge in [-0.25, -0.2) is 5.06 Å². The third-order valence-corrected chi connectivity index (χ3v) is 5.39. The number of rotatable bonds is 4. The van der Waals surface area contributed by atoms with E-state index in [1.165, 1.54) is 4.90 Å². The molecule has 6 heteroatoms. The van der Waals surface area contributed by atoms with Crippen molar-refractivity contribution in [2.75, 3.05) is 5.06 Å². The van der Waals surface area contributed by atoms with Gasteiger partial charge in [0.15, 0.2) is 6.10 Å². The maximum absolute atomic E-state index is 13.3. The molecule has 144 valence electrons. The molecule has 0 radical (unpaired) electrons. The van der Waals surface area contributed by atoms with Gasteiger partial charge in [0.2, 0.25) is 5.91 Å². The number of benzene rings is 2. The second-order valence-corrected chi connectivity index (χ2v) is 7.16. The van der Waals surface area contributed by atoms with E-state index in [4.69, 9.17) is 4.84 Å². The lowest BCUT2D eigenvalue weighted by molar-refractivity contribution is -0.143. The lowest BCUT2D eigenvalue weighted by Gasteiger charge is -2.28. The van der Waals surface area contributed by atoms with Crippen LogP contribution in [0.2, 0.25) is 0 Å². The summed E-state index contributed by atoms with van der Waals surface area (Å²) in [6.45, 7) is 0.245. The Morgan fingerprint density at radius 3 is 2.21 bits per heavy atom. The number of anilines is 1. The predicted molar refractivity (Wildman–Crippen MR) is 106 cm³/mol. The van der Waals surface area contributed by atoms with E-state index in [1.807, 2.05) is 78.9 Å². The standard InChI is InChI=1S/C23H19N3O3/c27-22-19-20(18-13-7-8-14-24-18)26(17-11-5-2-6-12-17)29-21(19)23(28)25(22)15-16-9-3-1-4-10-16/h1-14,19-21H,15H2. The molecule has 2 amide bonds. The highest BCUT2D eigenvalue weighted by molar-refractivity contribution is 6.07. The molecule has 2 fully saturated rings. The lowest BCUT2D eigenvalue weighted by Crippen LogP contribution is -2.37. The van der Waals surface area contributed by atoms with E-state index in [-0.39, 0.29) is 18.4 Å². The van der Waals surface area contributed by atoms with Gasteiger partial charge < -0.3 is 0 Å². The minimum absolute atomic E-state index is 0.224. The Balaban J connectivity index is 1.52. The van der Waals surface area contributed by atoms with Gasteiger partial charge in [-0.1, -0.05) is 54.6 Å². The van der Waals surface area contributed by atoms with Crippen molar-refractivity contribution in [2.24, 2.45) is 5.92 Å². The summed E-state index contributed by atoms with van der Waals surface area (Å²) in [5.74, 6) is -1.16. The van der Waals surface area contributed by atoms with Crippen LogP contribution in [0.4, 0.5) is 5.69 Å². The molecule has 0 spiro atoms. The first-order chi connectivity index (χ1) is 14.2. The maximum atomic E-state index is 13.3. The molecule has 0 bridgehead atoms. The number of likely N-dealkylation sites (tertiary alicyclic amines) is 1. The van der Waals surface area contributed by atoms with Crippen molar-refractivity contribution >= 4 is 17.5 Å². The number of hydrogen-bond acceptors (Lipinski definition) is 5. The number of pyridine rings is 1. The van der Waals surface area contributed by atoms with Gasteiger partial charge in [-0.2, -0.15) is 0 Å². The number of imide groups is 1. The summed E-state index contributed by atoms with van der Waals surface area (Å²) in [4.78, 5) is 38.3. The van der Waals surface area contributed by atoms with Gasteiger partial charge in [0.25, 0.3) is 5.91 Å². The molecule has 5 rings (SSSR count). The molecule has 0 aliphatic carbocycles. The van der Waals surface area contributed by atoms with Crippen LogP contribution in [0.3, 0.4) is 0 Å². The minimum Gasteiger partial charge on any atom is -0.275 e. The predicted octanol–water partition coefficient (Wildman–Crippen LogP) is 3.13. The van der Waals surface area contributed by atoms with E-state index >= 15 is 0 Å². The zero-order valence-electron chi connectivity index (χ0n) is 15.6. The smallest absolute Gasteiger partial charge is 0.262 e. The number of para-hydroxylation sites is 1. The average molecular weight is 385 g/mol. The fourth-order valence-corrected chi connectivity index (χ4v) is 4.04. The van der Waals surface area contributed by atoms with Crippen molar-refractivity contribution in [1.82, 2.24) is 9.88 Å². The van der Waals surface area contributed by atoms with Gasteiger partial charge in [-0.15, -0.1) is 0 Å². The quantitative estimate of drug-likeness (QED) is 0.646. The van der Waals surface area contributed by atoms with Crippen molar-refractivity contribution in [2.45, 2.75) is 18.7 Å². The van der Waals surface area contributed by atoms with Crippen molar-refractivity contribution in [3.63, 3.8) is 0 Å². The van der Waals surface area contributed by atoms with Crippen LogP contribution in [-0.4, -0.2) is 27.8 Å². The molecule has 2 aliphatic heterocycles. The Kier molecular flexibility index (Phi) is 4.33. The Morgan fingerprint density at radius 2 is 1.52 bits per heavy atom. The Bertz CT molecular complexity index is 1030. The van der Waals surface area contributed by atoms with E-state index in [1.54, 1.807) is 11.3 Å². The topological polar surface area (TPSA) is 62.7 Å². The van der Waals surface area contributed by atoms with E-state index in [0.29, 0.717) is 5.69 Å². The fraction of sp³-hybridized carbons (Fsp3) is 0.174. The molecule has 3 aromatic rings.